The Hall–Kier alpha value is -6.52. The zero-order valence-electron chi connectivity index (χ0n) is 27.5. The molecular weight excluding hydrogens is 748 g/mol. The average molecular weight is 774 g/mol. The summed E-state index contributed by atoms with van der Waals surface area (Å²) in [6.45, 7) is 3.17. The summed E-state index contributed by atoms with van der Waals surface area (Å²) in [5.41, 5.74) is 9.45. The number of para-hydroxylation sites is 1. The van der Waals surface area contributed by atoms with Crippen LogP contribution >= 0.6 is 0 Å². The molecule has 0 unspecified atom stereocenters. The zero-order chi connectivity index (χ0) is 37.6. The number of aromatic carboxylic acids is 2. The van der Waals surface area contributed by atoms with Crippen LogP contribution in [0, 0.1) is 0 Å². The van der Waals surface area contributed by atoms with Gasteiger partial charge in [-0.15, -0.1) is 11.4 Å². The van der Waals surface area contributed by atoms with Gasteiger partial charge < -0.3 is 35.8 Å². The number of carboxylic acid groups (broad SMARTS) is 2. The van der Waals surface area contributed by atoms with Crippen molar-refractivity contribution in [3.05, 3.63) is 125 Å². The molecule has 2 N–H and O–H groups in total. The Labute approximate surface area is 312 Å². The van der Waals surface area contributed by atoms with Crippen LogP contribution in [0.25, 0.3) is 10.9 Å². The van der Waals surface area contributed by atoms with Crippen molar-refractivity contribution in [2.45, 2.75) is 18.7 Å². The van der Waals surface area contributed by atoms with Gasteiger partial charge in [-0.1, -0.05) is 54.6 Å². The molecule has 19 heteroatoms. The number of hydrogen-bond donors (Lipinski definition) is 2. The second kappa shape index (κ2) is 16.7. The molecule has 6 rings (SSSR count). The molecule has 2 aliphatic heterocycles. The Balaban J connectivity index is 0.000000235. The van der Waals surface area contributed by atoms with Crippen molar-refractivity contribution in [3.63, 3.8) is 0 Å². The first kappa shape index (κ1) is 39.3. The SMILES string of the molecule is CC1=NN(c2ccc(S(=O)(=O)[O-])cc2)C(=O)/C1=N\[N-]c1ccccc1C(=O)O.CC1=NN(c2ccccc2)C(=O)C1=N[N-]c1ccccc1C(=O)O.[Cr]. The summed E-state index contributed by atoms with van der Waals surface area (Å²) < 4.78 is 33.0. The molecule has 4 aromatic rings. The molecule has 2 aliphatic rings. The maximum Gasteiger partial charge on any atom is 0.334 e. The summed E-state index contributed by atoms with van der Waals surface area (Å²) in [5, 5.41) is 36.5. The molecule has 270 valence electrons. The van der Waals surface area contributed by atoms with Crippen molar-refractivity contribution in [2.75, 3.05) is 10.0 Å². The molecule has 0 aliphatic carbocycles. The normalized spacial score (nSPS) is 15.3. The van der Waals surface area contributed by atoms with Crippen LogP contribution in [0.4, 0.5) is 22.7 Å². The van der Waals surface area contributed by atoms with Crippen LogP contribution in [0.5, 0.6) is 0 Å². The molecule has 0 spiro atoms. The number of rotatable bonds is 9. The summed E-state index contributed by atoms with van der Waals surface area (Å²) >= 11 is 0. The van der Waals surface area contributed by atoms with Gasteiger partial charge >= 0.3 is 11.9 Å². The van der Waals surface area contributed by atoms with Gasteiger partial charge in [0.1, 0.15) is 21.5 Å². The van der Waals surface area contributed by atoms with E-state index in [9.17, 15) is 32.1 Å². The Morgan fingerprint density at radius 2 is 1.02 bits per heavy atom. The number of benzene rings is 4. The summed E-state index contributed by atoms with van der Waals surface area (Å²) in [4.78, 5) is 47.0. The molecule has 0 bridgehead atoms. The van der Waals surface area contributed by atoms with E-state index in [1.165, 1.54) is 54.4 Å². The van der Waals surface area contributed by atoms with Gasteiger partial charge in [-0.3, -0.25) is 9.59 Å². The Morgan fingerprint density at radius 3 is 1.42 bits per heavy atom. The van der Waals surface area contributed by atoms with E-state index in [0.717, 1.165) is 17.1 Å². The molecule has 0 saturated carbocycles. The van der Waals surface area contributed by atoms with E-state index in [1.807, 2.05) is 6.07 Å². The van der Waals surface area contributed by atoms with Crippen molar-refractivity contribution < 1.29 is 59.7 Å². The van der Waals surface area contributed by atoms with Crippen LogP contribution in [-0.2, 0) is 37.1 Å². The van der Waals surface area contributed by atoms with Crippen molar-refractivity contribution in [1.82, 2.24) is 0 Å². The molecule has 2 amide bonds. The van der Waals surface area contributed by atoms with Gasteiger partial charge in [-0.25, -0.2) is 18.0 Å². The minimum Gasteiger partial charge on any atom is -0.744 e. The minimum absolute atomic E-state index is 0. The molecule has 0 aromatic heterocycles. The van der Waals surface area contributed by atoms with Gasteiger partial charge in [-0.2, -0.15) is 20.2 Å². The smallest absolute Gasteiger partial charge is 0.334 e. The first-order valence-electron chi connectivity index (χ1n) is 14.9. The fourth-order valence-electron chi connectivity index (χ4n) is 4.59. The topological polar surface area (TPSA) is 250 Å². The molecule has 2 heterocycles. The number of amides is 2. The van der Waals surface area contributed by atoms with Gasteiger partial charge in [0.15, 0.2) is 0 Å². The monoisotopic (exact) mass is 773 g/mol. The second-order valence-corrected chi connectivity index (χ2v) is 12.0. The molecule has 53 heavy (non-hydrogen) atoms. The van der Waals surface area contributed by atoms with Crippen LogP contribution in [0.2, 0.25) is 0 Å². The molecule has 0 saturated heterocycles. The number of hydrazone groups is 2. The number of carbonyl (C=O) groups excluding carboxylic acids is 2. The third-order valence-corrected chi connectivity index (χ3v) is 7.98. The first-order chi connectivity index (χ1) is 24.8. The number of hydrogen-bond acceptors (Lipinski definition) is 11. The van der Waals surface area contributed by atoms with Crippen molar-refractivity contribution >= 4 is 79.5 Å². The number of anilines is 2. The number of carboxylic acids is 2. The van der Waals surface area contributed by atoms with Crippen LogP contribution < -0.4 is 10.0 Å². The third kappa shape index (κ3) is 9.05. The van der Waals surface area contributed by atoms with E-state index < -0.39 is 38.8 Å². The van der Waals surface area contributed by atoms with Crippen molar-refractivity contribution in [3.8, 4) is 0 Å². The zero-order valence-corrected chi connectivity index (χ0v) is 29.6. The molecule has 4 aromatic carbocycles. The van der Waals surface area contributed by atoms with Gasteiger partial charge in [0.25, 0.3) is 11.8 Å². The third-order valence-electron chi connectivity index (χ3n) is 7.13. The fraction of sp³-hybridized carbons (Fsp3) is 0.0588. The summed E-state index contributed by atoms with van der Waals surface area (Å²) in [6, 6.07) is 25.7. The Kier molecular flexibility index (Phi) is 12.3. The predicted octanol–water partition coefficient (Wildman–Crippen LogP) is 5.24. The summed E-state index contributed by atoms with van der Waals surface area (Å²) in [6.07, 6.45) is 0. The molecule has 0 atom stereocenters. The van der Waals surface area contributed by atoms with Gasteiger partial charge in [-0.05, 0) is 62.4 Å². The van der Waals surface area contributed by atoms with Crippen LogP contribution in [0.15, 0.2) is 128 Å². The van der Waals surface area contributed by atoms with E-state index in [0.29, 0.717) is 11.4 Å². The second-order valence-electron chi connectivity index (χ2n) is 10.6. The summed E-state index contributed by atoms with van der Waals surface area (Å²) in [7, 11) is -4.60. The fourth-order valence-corrected chi connectivity index (χ4v) is 5.06. The largest absolute Gasteiger partial charge is 0.744 e. The predicted molar refractivity (Wildman–Crippen MR) is 190 cm³/mol. The summed E-state index contributed by atoms with van der Waals surface area (Å²) in [5.74, 6) is -3.33. The van der Waals surface area contributed by atoms with E-state index in [1.54, 1.807) is 49.4 Å². The maximum absolute atomic E-state index is 12.6. The van der Waals surface area contributed by atoms with Crippen LogP contribution in [-0.4, -0.2) is 69.8 Å². The van der Waals surface area contributed by atoms with E-state index in [2.05, 4.69) is 31.3 Å². The van der Waals surface area contributed by atoms with Crippen LogP contribution in [0.3, 0.4) is 0 Å². The van der Waals surface area contributed by atoms with Crippen molar-refractivity contribution in [1.29, 1.82) is 0 Å². The standard InChI is InChI=1S/C17H14N4O6S.C17H14N4O3.Cr/c1-10-15(19-18-14-5-3-2-4-13(14)17(23)24)16(22)21(20-10)11-6-8-12(9-7-11)28(25,26)27;1-11-15(16(22)21(20-11)12-7-3-2-4-8-12)19-18-14-10-6-5-9-13(14)17(23)24;/h2-9H,1H3,(H3,18,20,22,23,24,25,26,27);2-10H,1H3,(H2,18,20,22,23,24);/p-3. The van der Waals surface area contributed by atoms with Crippen molar-refractivity contribution in [2.24, 2.45) is 20.4 Å². The van der Waals surface area contributed by atoms with Gasteiger partial charge in [0, 0.05) is 28.5 Å². The number of nitrogens with zero attached hydrogens (tertiary/aromatic N) is 8. The first-order valence-corrected chi connectivity index (χ1v) is 16.3. The minimum atomic E-state index is -4.60. The number of carbonyl (C=O) groups is 4. The van der Waals surface area contributed by atoms with E-state index >= 15 is 0 Å². The average Bonchev–Trinajstić information content (AvgIpc) is 3.58. The Bertz CT molecular complexity index is 2310. The van der Waals surface area contributed by atoms with E-state index in [4.69, 9.17) is 10.2 Å². The van der Waals surface area contributed by atoms with Gasteiger partial charge in [0.2, 0.25) is 0 Å². The Morgan fingerprint density at radius 1 is 0.642 bits per heavy atom. The van der Waals surface area contributed by atoms with E-state index in [-0.39, 0.29) is 62.7 Å². The molecule has 0 fully saturated rings. The quantitative estimate of drug-likeness (QED) is 0.166. The van der Waals surface area contributed by atoms with Crippen LogP contribution in [0.1, 0.15) is 34.6 Å². The molecule has 0 radical (unpaired) electrons. The maximum atomic E-state index is 12.6. The molecule has 17 nitrogen and oxygen atoms in total. The van der Waals surface area contributed by atoms with Gasteiger partial charge in [0.05, 0.1) is 27.7 Å². The molecular formula is C34H25CrN8O9S-3.